The van der Waals surface area contributed by atoms with Crippen LogP contribution in [0.1, 0.15) is 0 Å². The summed E-state index contributed by atoms with van der Waals surface area (Å²) in [4.78, 5) is 0. The molecule has 6 heteroatoms. The van der Waals surface area contributed by atoms with E-state index in [0.29, 0.717) is 0 Å². The molecule has 0 aliphatic heterocycles. The van der Waals surface area contributed by atoms with E-state index in [0.717, 1.165) is 0 Å². The molecule has 0 aromatic heterocycles. The maximum atomic E-state index is 8.52. The third-order valence-electron chi connectivity index (χ3n) is 0. The molecule has 0 atom stereocenters. The molecule has 0 saturated heterocycles. The van der Waals surface area contributed by atoms with Crippen LogP contribution >= 0.6 is 0 Å². The van der Waals surface area contributed by atoms with Crippen LogP contribution in [0.25, 0.3) is 0 Å². The first-order chi connectivity index (χ1) is 2.00. The minimum absolute atomic E-state index is 0. The van der Waals surface area contributed by atoms with Crippen molar-refractivity contribution in [2.45, 2.75) is 0 Å². The quantitative estimate of drug-likeness (QED) is 0.225. The van der Waals surface area contributed by atoms with Crippen LogP contribution in [0.3, 0.4) is 0 Å². The topological polar surface area (TPSA) is 80.3 Å². The van der Waals surface area contributed by atoms with Crippen molar-refractivity contribution in [3.05, 3.63) is 0 Å². The second-order valence-corrected chi connectivity index (χ2v) is 1.22. The van der Waals surface area contributed by atoms with Crippen LogP contribution in [0.5, 0.6) is 0 Å². The second kappa shape index (κ2) is 3.17. The molecule has 0 spiro atoms. The Hall–Kier alpha value is 1.13. The van der Waals surface area contributed by atoms with Gasteiger partial charge in [0.2, 0.25) is 0 Å². The van der Waals surface area contributed by atoms with Gasteiger partial charge < -0.3 is 9.11 Å². The zero-order chi connectivity index (χ0) is 4.50. The van der Waals surface area contributed by atoms with Gasteiger partial charge in [0.05, 0.1) is 0 Å². The number of hydrogen-bond acceptors (Lipinski definition) is 4. The van der Waals surface area contributed by atoms with Gasteiger partial charge in [-0.15, -0.1) is 0 Å². The van der Waals surface area contributed by atoms with Crippen molar-refractivity contribution in [3.8, 4) is 0 Å². The minimum Gasteiger partial charge on any atom is -0.759 e. The van der Waals surface area contributed by atoms with E-state index in [1.165, 1.54) is 0 Å². The molecule has 0 amide bonds. The van der Waals surface area contributed by atoms with E-state index in [4.69, 9.17) is 17.5 Å². The summed E-state index contributed by atoms with van der Waals surface area (Å²) >= 11 is 0. The van der Waals surface area contributed by atoms with Crippen molar-refractivity contribution < 1.29 is 17.5 Å². The van der Waals surface area contributed by atoms with Crippen LogP contribution in [-0.2, 0) is 10.4 Å². The average Bonchev–Trinajstić information content (AvgIpc) is 0.722. The third-order valence-corrected chi connectivity index (χ3v) is 0. The first-order valence-corrected chi connectivity index (χ1v) is 2.00. The molecular formula is CaO4S-2. The summed E-state index contributed by atoms with van der Waals surface area (Å²) < 4.78 is 34.1. The molecule has 0 aromatic rings. The van der Waals surface area contributed by atoms with Gasteiger partial charge in [0, 0.05) is 48.1 Å². The molecule has 0 saturated carbocycles. The summed E-state index contributed by atoms with van der Waals surface area (Å²) in [6.07, 6.45) is 0. The number of rotatable bonds is 0. The zero-order valence-electron chi connectivity index (χ0n) is 2.75. The molecule has 0 bridgehead atoms. The fraction of sp³-hybridized carbons (Fsp3) is 0. The molecular weight excluding hydrogens is 136 g/mol. The molecule has 0 rings (SSSR count). The average molecular weight is 136 g/mol. The summed E-state index contributed by atoms with van der Waals surface area (Å²) in [6.45, 7) is 0. The van der Waals surface area contributed by atoms with Gasteiger partial charge in [-0.1, -0.05) is 0 Å². The summed E-state index contributed by atoms with van der Waals surface area (Å²) in [5.41, 5.74) is 0. The predicted octanol–water partition coefficient (Wildman–Crippen LogP) is -1.72. The normalized spacial score (nSPS) is 9.67. The van der Waals surface area contributed by atoms with Crippen LogP contribution < -0.4 is 0 Å². The van der Waals surface area contributed by atoms with Gasteiger partial charge in [0.15, 0.2) is 0 Å². The van der Waals surface area contributed by atoms with Crippen molar-refractivity contribution in [1.29, 1.82) is 0 Å². The largest absolute Gasteiger partial charge is 0.759 e. The Morgan fingerprint density at radius 3 is 1.17 bits per heavy atom. The van der Waals surface area contributed by atoms with E-state index in [-0.39, 0.29) is 37.7 Å². The summed E-state index contributed by atoms with van der Waals surface area (Å²) in [5, 5.41) is 0. The summed E-state index contributed by atoms with van der Waals surface area (Å²) in [5.74, 6) is 0. The maximum absolute atomic E-state index is 8.52. The van der Waals surface area contributed by atoms with Gasteiger partial charge >= 0.3 is 0 Å². The Bertz CT molecular complexity index is 90.7. The van der Waals surface area contributed by atoms with E-state index in [1.807, 2.05) is 0 Å². The van der Waals surface area contributed by atoms with E-state index in [9.17, 15) is 0 Å². The van der Waals surface area contributed by atoms with Gasteiger partial charge in [0.25, 0.3) is 0 Å². The predicted molar refractivity (Wildman–Crippen MR) is 16.2 cm³/mol. The van der Waals surface area contributed by atoms with Crippen molar-refractivity contribution in [3.63, 3.8) is 0 Å². The van der Waals surface area contributed by atoms with Crippen LogP contribution in [0, 0.1) is 0 Å². The molecule has 4 nitrogen and oxygen atoms in total. The van der Waals surface area contributed by atoms with E-state index in [1.54, 1.807) is 0 Å². The fourth-order valence-corrected chi connectivity index (χ4v) is 0. The molecule has 6 heavy (non-hydrogen) atoms. The van der Waals surface area contributed by atoms with E-state index >= 15 is 0 Å². The zero-order valence-corrected chi connectivity index (χ0v) is 5.77. The van der Waals surface area contributed by atoms with Crippen molar-refractivity contribution >= 4 is 48.1 Å². The summed E-state index contributed by atoms with van der Waals surface area (Å²) in [6, 6.07) is 0. The monoisotopic (exact) mass is 136 g/mol. The molecule has 0 aliphatic carbocycles. The van der Waals surface area contributed by atoms with Crippen molar-refractivity contribution in [2.75, 3.05) is 0 Å². The van der Waals surface area contributed by atoms with Crippen LogP contribution in [0.2, 0.25) is 0 Å². The Labute approximate surface area is 65.1 Å². The third kappa shape index (κ3) is 68.5. The Morgan fingerprint density at radius 2 is 1.17 bits per heavy atom. The number of hydrogen-bond donors (Lipinski definition) is 0. The molecule has 0 fully saturated rings. The van der Waals surface area contributed by atoms with Crippen LogP contribution in [0.4, 0.5) is 0 Å². The molecule has 0 N–H and O–H groups in total. The maximum Gasteiger partial charge on any atom is 0.0311 e. The Morgan fingerprint density at radius 1 is 1.17 bits per heavy atom. The first-order valence-electron chi connectivity index (χ1n) is 0.667. The second-order valence-electron chi connectivity index (χ2n) is 0.408. The Balaban J connectivity index is 0. The molecule has 0 aromatic carbocycles. The minimum atomic E-state index is -5.17. The molecule has 34 valence electrons. The molecule has 0 aliphatic rings. The molecule has 0 unspecified atom stereocenters. The van der Waals surface area contributed by atoms with Gasteiger partial charge in [-0.3, -0.25) is 8.42 Å². The van der Waals surface area contributed by atoms with Crippen molar-refractivity contribution in [1.82, 2.24) is 0 Å². The smallest absolute Gasteiger partial charge is 0.0311 e. The van der Waals surface area contributed by atoms with E-state index in [2.05, 4.69) is 0 Å². The van der Waals surface area contributed by atoms with Crippen LogP contribution in [-0.4, -0.2) is 55.3 Å². The van der Waals surface area contributed by atoms with Crippen LogP contribution in [0.15, 0.2) is 0 Å². The summed E-state index contributed by atoms with van der Waals surface area (Å²) in [7, 11) is -5.17. The SMILES string of the molecule is O=S(=O)([O-])[O-].[Ca]. The molecule has 0 heterocycles. The fourth-order valence-electron chi connectivity index (χ4n) is 0. The Kier molecular flexibility index (Phi) is 5.38. The molecule has 2 radical (unpaired) electrons. The standard InChI is InChI=1S/Ca.H2O4S/c;1-5(2,3)4/h;(H2,1,2,3,4)/p-2. The van der Waals surface area contributed by atoms with E-state index < -0.39 is 10.4 Å². The van der Waals surface area contributed by atoms with Crippen molar-refractivity contribution in [2.24, 2.45) is 0 Å². The van der Waals surface area contributed by atoms with Gasteiger partial charge in [0.1, 0.15) is 0 Å². The van der Waals surface area contributed by atoms with Gasteiger partial charge in [-0.2, -0.15) is 0 Å². The van der Waals surface area contributed by atoms with Gasteiger partial charge in [-0.25, -0.2) is 0 Å². The van der Waals surface area contributed by atoms with Gasteiger partial charge in [-0.05, 0) is 0 Å². The first kappa shape index (κ1) is 10.2.